The second kappa shape index (κ2) is 9.36. The van der Waals surface area contributed by atoms with Crippen molar-refractivity contribution in [3.8, 4) is 0 Å². The van der Waals surface area contributed by atoms with Crippen LogP contribution >= 0.6 is 0 Å². The first-order valence-corrected chi connectivity index (χ1v) is 8.67. The monoisotopic (exact) mass is 314 g/mol. The molecule has 0 aliphatic carbocycles. The molecule has 2 unspecified atom stereocenters. The van der Waals surface area contributed by atoms with Crippen molar-refractivity contribution in [2.24, 2.45) is 0 Å². The van der Waals surface area contributed by atoms with Crippen LogP contribution in [0.15, 0.2) is 0 Å². The number of nitrogens with zero attached hydrogens (tertiary/aromatic N) is 1. The summed E-state index contributed by atoms with van der Waals surface area (Å²) in [7, 11) is 0. The van der Waals surface area contributed by atoms with E-state index < -0.39 is 5.60 Å². The first-order valence-electron chi connectivity index (χ1n) is 8.67. The standard InChI is InChI=1S/C17H34N2O3/c1-14(18-10-6-5-7-12-20)13-15-9-8-11-19(15)16(21)22-17(2,3)4/h14-15,18,20H,5-13H2,1-4H3. The minimum Gasteiger partial charge on any atom is -0.444 e. The van der Waals surface area contributed by atoms with Crippen molar-refractivity contribution in [3.05, 3.63) is 0 Å². The molecule has 0 bridgehead atoms. The molecule has 1 fully saturated rings. The van der Waals surface area contributed by atoms with Crippen molar-refractivity contribution < 1.29 is 14.6 Å². The molecule has 0 radical (unpaired) electrons. The van der Waals surface area contributed by atoms with Crippen molar-refractivity contribution in [2.45, 2.75) is 83.9 Å². The number of nitrogens with one attached hydrogen (secondary N) is 1. The molecule has 2 atom stereocenters. The van der Waals surface area contributed by atoms with E-state index in [-0.39, 0.29) is 18.7 Å². The quantitative estimate of drug-likeness (QED) is 0.676. The number of ether oxygens (including phenoxy) is 1. The first kappa shape index (κ1) is 19.2. The lowest BCUT2D eigenvalue weighted by Gasteiger charge is -2.30. The maximum atomic E-state index is 12.2. The van der Waals surface area contributed by atoms with Crippen LogP contribution in [0.4, 0.5) is 4.79 Å². The predicted octanol–water partition coefficient (Wildman–Crippen LogP) is 2.92. The van der Waals surface area contributed by atoms with E-state index in [1.165, 1.54) is 0 Å². The molecule has 0 spiro atoms. The normalized spacial score (nSPS) is 20.2. The Morgan fingerprint density at radius 2 is 2.09 bits per heavy atom. The molecule has 130 valence electrons. The van der Waals surface area contributed by atoms with Crippen LogP contribution in [-0.2, 0) is 4.74 Å². The second-order valence-electron chi connectivity index (χ2n) is 7.34. The van der Waals surface area contributed by atoms with Gasteiger partial charge >= 0.3 is 6.09 Å². The summed E-state index contributed by atoms with van der Waals surface area (Å²) in [5.41, 5.74) is -0.430. The minimum absolute atomic E-state index is 0.176. The zero-order valence-corrected chi connectivity index (χ0v) is 14.7. The molecule has 0 aromatic rings. The lowest BCUT2D eigenvalue weighted by Crippen LogP contribution is -2.42. The van der Waals surface area contributed by atoms with Crippen LogP contribution in [0.25, 0.3) is 0 Å². The number of aliphatic hydroxyl groups is 1. The molecule has 1 saturated heterocycles. The number of hydrogen-bond acceptors (Lipinski definition) is 4. The van der Waals surface area contributed by atoms with Gasteiger partial charge in [-0.25, -0.2) is 4.79 Å². The van der Waals surface area contributed by atoms with Gasteiger partial charge in [-0.2, -0.15) is 0 Å². The van der Waals surface area contributed by atoms with Crippen LogP contribution in [0, 0.1) is 0 Å². The van der Waals surface area contributed by atoms with Crippen molar-refractivity contribution >= 4 is 6.09 Å². The number of rotatable bonds is 8. The van der Waals surface area contributed by atoms with Gasteiger partial charge in [-0.1, -0.05) is 0 Å². The van der Waals surface area contributed by atoms with Crippen molar-refractivity contribution in [1.29, 1.82) is 0 Å². The molecule has 1 aliphatic rings. The summed E-state index contributed by atoms with van der Waals surface area (Å²) >= 11 is 0. The largest absolute Gasteiger partial charge is 0.444 e. The Labute approximate surface area is 135 Å². The number of unbranched alkanes of at least 4 members (excludes halogenated alkanes) is 2. The van der Waals surface area contributed by atoms with E-state index in [1.54, 1.807) is 0 Å². The molecule has 1 aliphatic heterocycles. The lowest BCUT2D eigenvalue weighted by molar-refractivity contribution is 0.0214. The number of hydrogen-bond donors (Lipinski definition) is 2. The SMILES string of the molecule is CC(CC1CCCN1C(=O)OC(C)(C)C)NCCCCCO. The number of aliphatic hydroxyl groups excluding tert-OH is 1. The van der Waals surface area contributed by atoms with Crippen LogP contribution in [0.1, 0.15) is 66.2 Å². The van der Waals surface area contributed by atoms with Gasteiger partial charge in [0.1, 0.15) is 5.60 Å². The van der Waals surface area contributed by atoms with E-state index in [2.05, 4.69) is 12.2 Å². The molecule has 5 nitrogen and oxygen atoms in total. The number of likely N-dealkylation sites (tertiary alicyclic amines) is 1. The Hall–Kier alpha value is -0.810. The molecule has 1 rings (SSSR count). The molecule has 1 heterocycles. The van der Waals surface area contributed by atoms with E-state index in [9.17, 15) is 4.79 Å². The van der Waals surface area contributed by atoms with E-state index in [0.29, 0.717) is 6.04 Å². The van der Waals surface area contributed by atoms with Gasteiger partial charge < -0.3 is 20.1 Å². The summed E-state index contributed by atoms with van der Waals surface area (Å²) < 4.78 is 5.50. The fraction of sp³-hybridized carbons (Fsp3) is 0.941. The van der Waals surface area contributed by atoms with Crippen molar-refractivity contribution in [2.75, 3.05) is 19.7 Å². The van der Waals surface area contributed by atoms with Crippen molar-refractivity contribution in [1.82, 2.24) is 10.2 Å². The molecule has 22 heavy (non-hydrogen) atoms. The lowest BCUT2D eigenvalue weighted by atomic mass is 10.1. The van der Waals surface area contributed by atoms with Crippen molar-refractivity contribution in [3.63, 3.8) is 0 Å². The second-order valence-corrected chi connectivity index (χ2v) is 7.34. The fourth-order valence-electron chi connectivity index (χ4n) is 2.90. The zero-order valence-electron chi connectivity index (χ0n) is 14.7. The third kappa shape index (κ3) is 7.45. The maximum absolute atomic E-state index is 12.2. The highest BCUT2D eigenvalue weighted by atomic mass is 16.6. The van der Waals surface area contributed by atoms with Gasteiger partial charge in [0.2, 0.25) is 0 Å². The van der Waals surface area contributed by atoms with E-state index in [1.807, 2.05) is 25.7 Å². The van der Waals surface area contributed by atoms with E-state index in [0.717, 1.165) is 51.6 Å². The van der Waals surface area contributed by atoms with Gasteiger partial charge in [0, 0.05) is 25.2 Å². The summed E-state index contributed by atoms with van der Waals surface area (Å²) in [6, 6.07) is 0.678. The Bertz CT molecular complexity index is 328. The minimum atomic E-state index is -0.430. The Morgan fingerprint density at radius 3 is 2.73 bits per heavy atom. The van der Waals surface area contributed by atoms with Gasteiger partial charge in [-0.05, 0) is 72.8 Å². The summed E-state index contributed by atoms with van der Waals surface area (Å²) in [4.78, 5) is 14.1. The van der Waals surface area contributed by atoms with Gasteiger partial charge in [0.25, 0.3) is 0 Å². The topological polar surface area (TPSA) is 61.8 Å². The third-order valence-electron chi connectivity index (χ3n) is 3.96. The highest BCUT2D eigenvalue weighted by Gasteiger charge is 2.32. The smallest absolute Gasteiger partial charge is 0.410 e. The average molecular weight is 314 g/mol. The summed E-state index contributed by atoms with van der Waals surface area (Å²) in [5.74, 6) is 0. The number of amides is 1. The Balaban J connectivity index is 2.32. The molecule has 1 amide bonds. The van der Waals surface area contributed by atoms with Crippen LogP contribution in [0.2, 0.25) is 0 Å². The van der Waals surface area contributed by atoms with Crippen LogP contribution < -0.4 is 5.32 Å². The highest BCUT2D eigenvalue weighted by Crippen LogP contribution is 2.24. The Morgan fingerprint density at radius 1 is 1.36 bits per heavy atom. The summed E-state index contributed by atoms with van der Waals surface area (Å²) in [5, 5.41) is 12.3. The Kier molecular flexibility index (Phi) is 8.18. The summed E-state index contributed by atoms with van der Waals surface area (Å²) in [6.07, 6.45) is 5.95. The summed E-state index contributed by atoms with van der Waals surface area (Å²) in [6.45, 7) is 9.97. The third-order valence-corrected chi connectivity index (χ3v) is 3.96. The molecule has 0 saturated carbocycles. The van der Waals surface area contributed by atoms with Crippen LogP contribution in [0.5, 0.6) is 0 Å². The maximum Gasteiger partial charge on any atom is 0.410 e. The molecule has 0 aromatic heterocycles. The molecule has 5 heteroatoms. The zero-order chi connectivity index (χ0) is 16.6. The molecular weight excluding hydrogens is 280 g/mol. The van der Waals surface area contributed by atoms with Gasteiger partial charge in [-0.3, -0.25) is 0 Å². The first-order chi connectivity index (χ1) is 10.3. The average Bonchev–Trinajstić information content (AvgIpc) is 2.84. The predicted molar refractivity (Wildman–Crippen MR) is 89.0 cm³/mol. The van der Waals surface area contributed by atoms with E-state index in [4.69, 9.17) is 9.84 Å². The molecule has 2 N–H and O–H groups in total. The van der Waals surface area contributed by atoms with Gasteiger partial charge in [0.05, 0.1) is 0 Å². The molecular formula is C17H34N2O3. The van der Waals surface area contributed by atoms with Gasteiger partial charge in [0.15, 0.2) is 0 Å². The van der Waals surface area contributed by atoms with Gasteiger partial charge in [-0.15, -0.1) is 0 Å². The van der Waals surface area contributed by atoms with Crippen LogP contribution in [-0.4, -0.2) is 53.5 Å². The van der Waals surface area contributed by atoms with E-state index >= 15 is 0 Å². The number of carbonyl (C=O) groups excluding carboxylic acids is 1. The molecule has 0 aromatic carbocycles. The highest BCUT2D eigenvalue weighted by molar-refractivity contribution is 5.68. The number of carbonyl (C=O) groups is 1. The van der Waals surface area contributed by atoms with Crippen LogP contribution in [0.3, 0.4) is 0 Å². The fourth-order valence-corrected chi connectivity index (χ4v) is 2.90.